The summed E-state index contributed by atoms with van der Waals surface area (Å²) in [6, 6.07) is 7.77. The molecule has 0 saturated heterocycles. The number of anilines is 1. The molecule has 158 valence electrons. The van der Waals surface area contributed by atoms with Crippen LogP contribution in [0.5, 0.6) is 0 Å². The first-order chi connectivity index (χ1) is 13.9. The van der Waals surface area contributed by atoms with Crippen LogP contribution in [-0.4, -0.2) is 37.1 Å². The number of hydrogen-bond acceptors (Lipinski definition) is 5. The summed E-state index contributed by atoms with van der Waals surface area (Å²) in [7, 11) is 5.63. The van der Waals surface area contributed by atoms with Gasteiger partial charge in [0.1, 0.15) is 0 Å². The second-order valence-corrected chi connectivity index (χ2v) is 7.95. The SMILES string of the molecule is CN.CN(C)Cc1ccc(S)cc1.NC(=O)Nc1c2c(nc3c1CCC3)CCC2. The maximum absolute atomic E-state index is 11.1. The average Bonchev–Trinajstić information content (AvgIpc) is 3.34. The van der Waals surface area contributed by atoms with Gasteiger partial charge in [-0.2, -0.15) is 0 Å². The Balaban J connectivity index is 0.000000203. The normalized spacial score (nSPS) is 13.6. The van der Waals surface area contributed by atoms with Gasteiger partial charge in [0.25, 0.3) is 0 Å². The number of nitrogens with zero attached hydrogens (tertiary/aromatic N) is 2. The highest BCUT2D eigenvalue weighted by Gasteiger charge is 2.25. The van der Waals surface area contributed by atoms with Crippen molar-refractivity contribution in [2.75, 3.05) is 26.5 Å². The minimum absolute atomic E-state index is 0.464. The van der Waals surface area contributed by atoms with E-state index in [0.29, 0.717) is 0 Å². The number of amides is 2. The lowest BCUT2D eigenvalue weighted by Gasteiger charge is -2.13. The van der Waals surface area contributed by atoms with Gasteiger partial charge in [-0.1, -0.05) is 12.1 Å². The number of aryl methyl sites for hydroxylation is 2. The van der Waals surface area contributed by atoms with Crippen LogP contribution in [0, 0.1) is 0 Å². The van der Waals surface area contributed by atoms with Gasteiger partial charge in [-0.15, -0.1) is 12.6 Å². The van der Waals surface area contributed by atoms with Crippen molar-refractivity contribution in [1.82, 2.24) is 9.88 Å². The fourth-order valence-corrected chi connectivity index (χ4v) is 3.98. The van der Waals surface area contributed by atoms with E-state index in [1.165, 1.54) is 35.1 Å². The lowest BCUT2D eigenvalue weighted by molar-refractivity contribution is 0.259. The van der Waals surface area contributed by atoms with Gasteiger partial charge >= 0.3 is 6.03 Å². The first-order valence-electron chi connectivity index (χ1n) is 10.0. The van der Waals surface area contributed by atoms with E-state index in [2.05, 4.69) is 54.8 Å². The first kappa shape index (κ1) is 23.2. The zero-order valence-electron chi connectivity index (χ0n) is 17.7. The summed E-state index contributed by atoms with van der Waals surface area (Å²) in [6.45, 7) is 0.994. The van der Waals surface area contributed by atoms with Crippen molar-refractivity contribution in [2.45, 2.75) is 50.0 Å². The largest absolute Gasteiger partial charge is 0.351 e. The Kier molecular flexibility index (Phi) is 8.95. The van der Waals surface area contributed by atoms with Gasteiger partial charge in [-0.25, -0.2) is 4.79 Å². The highest BCUT2D eigenvalue weighted by molar-refractivity contribution is 7.80. The molecule has 29 heavy (non-hydrogen) atoms. The molecule has 2 aromatic rings. The van der Waals surface area contributed by atoms with E-state index in [4.69, 9.17) is 10.7 Å². The van der Waals surface area contributed by atoms with Crippen LogP contribution in [0.1, 0.15) is 40.9 Å². The Morgan fingerprint density at radius 1 is 1.03 bits per heavy atom. The summed E-state index contributed by atoms with van der Waals surface area (Å²) in [5.41, 5.74) is 16.8. The van der Waals surface area contributed by atoms with Gasteiger partial charge in [0.15, 0.2) is 0 Å². The summed E-state index contributed by atoms with van der Waals surface area (Å²) >= 11 is 4.21. The summed E-state index contributed by atoms with van der Waals surface area (Å²) < 4.78 is 0. The molecule has 1 aromatic heterocycles. The summed E-state index contributed by atoms with van der Waals surface area (Å²) in [5.74, 6) is 0. The number of fused-ring (bicyclic) bond motifs is 2. The zero-order chi connectivity index (χ0) is 21.4. The van der Waals surface area contributed by atoms with E-state index in [-0.39, 0.29) is 0 Å². The Morgan fingerprint density at radius 2 is 1.55 bits per heavy atom. The van der Waals surface area contributed by atoms with Crippen molar-refractivity contribution >= 4 is 24.3 Å². The smallest absolute Gasteiger partial charge is 0.316 e. The standard InChI is InChI=1S/C12H15N3O.C9H13NS.CH5N/c13-12(16)15-11-7-3-1-5-9(7)14-10-6-2-4-8(10)11;1-10(2)7-8-3-5-9(11)6-4-8;1-2/h1-6H2,(H3,13,14,15,16);3-6,11H,7H2,1-2H3;2H2,1H3. The van der Waals surface area contributed by atoms with Gasteiger partial charge in [-0.3, -0.25) is 4.98 Å². The van der Waals surface area contributed by atoms with E-state index in [0.717, 1.165) is 55.7 Å². The predicted molar refractivity (Wildman–Crippen MR) is 123 cm³/mol. The quantitative estimate of drug-likeness (QED) is 0.579. The zero-order valence-corrected chi connectivity index (χ0v) is 18.6. The number of nitrogens with one attached hydrogen (secondary N) is 1. The van der Waals surface area contributed by atoms with Crippen LogP contribution in [0.15, 0.2) is 29.2 Å². The van der Waals surface area contributed by atoms with Crippen LogP contribution in [0.25, 0.3) is 0 Å². The van der Waals surface area contributed by atoms with Crippen molar-refractivity contribution < 1.29 is 4.79 Å². The van der Waals surface area contributed by atoms with Gasteiger partial charge < -0.3 is 21.7 Å². The van der Waals surface area contributed by atoms with Gasteiger partial charge in [0.05, 0.1) is 5.69 Å². The molecule has 7 heteroatoms. The third-order valence-corrected chi connectivity index (χ3v) is 5.23. The molecule has 5 N–H and O–H groups in total. The van der Waals surface area contributed by atoms with E-state index in [1.807, 2.05) is 12.1 Å². The number of carbonyl (C=O) groups excluding carboxylic acids is 1. The summed E-state index contributed by atoms with van der Waals surface area (Å²) in [5, 5.41) is 2.80. The molecule has 0 radical (unpaired) electrons. The van der Waals surface area contributed by atoms with E-state index in [9.17, 15) is 4.79 Å². The molecule has 0 spiro atoms. The molecule has 0 bridgehead atoms. The molecule has 2 amide bonds. The molecule has 6 nitrogen and oxygen atoms in total. The van der Waals surface area contributed by atoms with Crippen LogP contribution in [0.2, 0.25) is 0 Å². The van der Waals surface area contributed by atoms with Crippen molar-refractivity contribution in [2.24, 2.45) is 11.5 Å². The average molecular weight is 416 g/mol. The molecule has 4 rings (SSSR count). The number of urea groups is 1. The van der Waals surface area contributed by atoms with Gasteiger partial charge in [-0.05, 0) is 88.5 Å². The molecule has 2 aliphatic rings. The Morgan fingerprint density at radius 3 is 2.00 bits per heavy atom. The Bertz CT molecular complexity index is 789. The van der Waals surface area contributed by atoms with Crippen LogP contribution < -0.4 is 16.8 Å². The van der Waals surface area contributed by atoms with Crippen molar-refractivity contribution in [3.8, 4) is 0 Å². The number of thiol groups is 1. The molecular formula is C22H33N5OS. The molecule has 0 unspecified atom stereocenters. The fraction of sp³-hybridized carbons (Fsp3) is 0.455. The topological polar surface area (TPSA) is 97.3 Å². The van der Waals surface area contributed by atoms with E-state index in [1.54, 1.807) is 0 Å². The fourth-order valence-electron chi connectivity index (χ4n) is 3.83. The minimum atomic E-state index is -0.464. The second kappa shape index (κ2) is 11.2. The molecule has 0 fully saturated rings. The monoisotopic (exact) mass is 415 g/mol. The number of rotatable bonds is 3. The van der Waals surface area contributed by atoms with Crippen LogP contribution in [0.4, 0.5) is 10.5 Å². The molecule has 1 aromatic carbocycles. The van der Waals surface area contributed by atoms with E-state index >= 15 is 0 Å². The number of hydrogen-bond donors (Lipinski definition) is 4. The van der Waals surface area contributed by atoms with Gasteiger partial charge in [0, 0.05) is 22.8 Å². The molecule has 0 saturated carbocycles. The minimum Gasteiger partial charge on any atom is -0.351 e. The molecule has 2 aliphatic carbocycles. The van der Waals surface area contributed by atoms with Crippen LogP contribution in [-0.2, 0) is 32.2 Å². The maximum atomic E-state index is 11.1. The number of aromatic nitrogens is 1. The number of nitrogens with two attached hydrogens (primary N) is 2. The first-order valence-corrected chi connectivity index (χ1v) is 10.5. The number of pyridine rings is 1. The third kappa shape index (κ3) is 6.45. The lowest BCUT2D eigenvalue weighted by atomic mass is 10.1. The molecule has 0 aliphatic heterocycles. The van der Waals surface area contributed by atoms with Crippen molar-refractivity contribution in [1.29, 1.82) is 0 Å². The predicted octanol–water partition coefficient (Wildman–Crippen LogP) is 3.16. The van der Waals surface area contributed by atoms with Crippen LogP contribution >= 0.6 is 12.6 Å². The van der Waals surface area contributed by atoms with Crippen molar-refractivity contribution in [3.63, 3.8) is 0 Å². The third-order valence-electron chi connectivity index (χ3n) is 4.93. The molecular weight excluding hydrogens is 382 g/mol. The van der Waals surface area contributed by atoms with Crippen molar-refractivity contribution in [3.05, 3.63) is 52.3 Å². The number of benzene rings is 1. The molecule has 0 atom stereocenters. The van der Waals surface area contributed by atoms with Crippen LogP contribution in [0.3, 0.4) is 0 Å². The number of carbonyl (C=O) groups is 1. The number of primary amides is 1. The lowest BCUT2D eigenvalue weighted by Crippen LogP contribution is -2.21. The summed E-state index contributed by atoms with van der Waals surface area (Å²) in [4.78, 5) is 18.9. The Hall–Kier alpha value is -2.09. The highest BCUT2D eigenvalue weighted by Crippen LogP contribution is 2.36. The van der Waals surface area contributed by atoms with Gasteiger partial charge in [0.2, 0.25) is 0 Å². The maximum Gasteiger partial charge on any atom is 0.316 e. The van der Waals surface area contributed by atoms with E-state index < -0.39 is 6.03 Å². The molecule has 1 heterocycles. The Labute approximate surface area is 179 Å². The highest BCUT2D eigenvalue weighted by atomic mass is 32.1. The second-order valence-electron chi connectivity index (χ2n) is 7.44. The summed E-state index contributed by atoms with van der Waals surface area (Å²) in [6.07, 6.45) is 6.39.